The summed E-state index contributed by atoms with van der Waals surface area (Å²) in [7, 11) is 0. The van der Waals surface area contributed by atoms with E-state index in [2.05, 4.69) is 0 Å². The average molecular weight is 264 g/mol. The molecular formula is C11H20O7. The van der Waals surface area contributed by atoms with E-state index < -0.39 is 36.6 Å². The van der Waals surface area contributed by atoms with Gasteiger partial charge in [-0.15, -0.1) is 0 Å². The zero-order valence-corrected chi connectivity index (χ0v) is 9.92. The van der Waals surface area contributed by atoms with Crippen LogP contribution in [0.1, 0.15) is 19.3 Å². The molecule has 0 amide bonds. The number of aliphatic hydroxyl groups excluding tert-OH is 5. The molecule has 1 saturated carbocycles. The third kappa shape index (κ3) is 3.47. The molecule has 6 atom stereocenters. The minimum absolute atomic E-state index is 0.183. The SMILES string of the molecule is O=CCCCCOC1[C@@H](O)[C@@H](O)C(O)[C@H](O)[C@H]1O. The van der Waals surface area contributed by atoms with Crippen LogP contribution < -0.4 is 0 Å². The molecule has 0 aromatic rings. The van der Waals surface area contributed by atoms with Gasteiger partial charge in [-0.25, -0.2) is 0 Å². The first-order valence-corrected chi connectivity index (χ1v) is 5.96. The fourth-order valence-electron chi connectivity index (χ4n) is 1.94. The molecule has 0 bridgehead atoms. The molecule has 1 fully saturated rings. The Bertz CT molecular complexity index is 244. The Kier molecular flexibility index (Phi) is 6.13. The summed E-state index contributed by atoms with van der Waals surface area (Å²) in [6.45, 7) is 0.183. The number of aliphatic hydroxyl groups is 5. The topological polar surface area (TPSA) is 127 Å². The first-order chi connectivity index (χ1) is 8.50. The molecule has 18 heavy (non-hydrogen) atoms. The molecule has 0 aromatic carbocycles. The van der Waals surface area contributed by atoms with Gasteiger partial charge < -0.3 is 35.1 Å². The zero-order valence-electron chi connectivity index (χ0n) is 9.92. The van der Waals surface area contributed by atoms with E-state index in [0.29, 0.717) is 19.3 Å². The standard InChI is InChI=1S/C11H20O7/c12-4-2-1-3-5-18-11-9(16)7(14)6(13)8(15)10(11)17/h4,6-11,13-17H,1-3,5H2/t6?,7-,8-,9-,10+,11?/m0/s1. The first-order valence-electron chi connectivity index (χ1n) is 5.96. The second-order valence-corrected chi connectivity index (χ2v) is 4.45. The lowest BCUT2D eigenvalue weighted by Gasteiger charge is -2.41. The highest BCUT2D eigenvalue weighted by molar-refractivity contribution is 5.48. The van der Waals surface area contributed by atoms with Gasteiger partial charge in [0.15, 0.2) is 0 Å². The van der Waals surface area contributed by atoms with Crippen LogP contribution in [0.3, 0.4) is 0 Å². The lowest BCUT2D eigenvalue weighted by molar-refractivity contribution is -0.235. The summed E-state index contributed by atoms with van der Waals surface area (Å²) in [6, 6.07) is 0. The van der Waals surface area contributed by atoms with E-state index in [-0.39, 0.29) is 6.61 Å². The van der Waals surface area contributed by atoms with E-state index in [0.717, 1.165) is 6.29 Å². The monoisotopic (exact) mass is 264 g/mol. The van der Waals surface area contributed by atoms with Gasteiger partial charge in [-0.3, -0.25) is 0 Å². The Morgan fingerprint density at radius 2 is 1.33 bits per heavy atom. The molecule has 0 heterocycles. The fraction of sp³-hybridized carbons (Fsp3) is 0.909. The lowest BCUT2D eigenvalue weighted by atomic mass is 9.85. The van der Waals surface area contributed by atoms with Gasteiger partial charge in [0.1, 0.15) is 42.9 Å². The Labute approximate surface area is 105 Å². The summed E-state index contributed by atoms with van der Waals surface area (Å²) in [6.07, 6.45) is -6.46. The van der Waals surface area contributed by atoms with Crippen LogP contribution in [-0.4, -0.2) is 75.0 Å². The predicted octanol–water partition coefficient (Wildman–Crippen LogP) is -2.44. The Balaban J connectivity index is 2.44. The highest BCUT2D eigenvalue weighted by Gasteiger charge is 2.48. The molecule has 2 unspecified atom stereocenters. The molecule has 0 aliphatic heterocycles. The molecule has 7 nitrogen and oxygen atoms in total. The number of carbonyl (C=O) groups is 1. The van der Waals surface area contributed by atoms with Crippen LogP contribution >= 0.6 is 0 Å². The highest BCUT2D eigenvalue weighted by atomic mass is 16.5. The molecule has 0 aromatic heterocycles. The number of ether oxygens (including phenoxy) is 1. The van der Waals surface area contributed by atoms with Crippen molar-refractivity contribution in [1.82, 2.24) is 0 Å². The zero-order chi connectivity index (χ0) is 13.7. The molecule has 0 saturated heterocycles. The van der Waals surface area contributed by atoms with Crippen LogP contribution in [0.5, 0.6) is 0 Å². The van der Waals surface area contributed by atoms with Crippen LogP contribution in [0.4, 0.5) is 0 Å². The van der Waals surface area contributed by atoms with E-state index >= 15 is 0 Å². The van der Waals surface area contributed by atoms with Gasteiger partial charge in [0.05, 0.1) is 0 Å². The summed E-state index contributed by atoms with van der Waals surface area (Å²) in [4.78, 5) is 10.1. The van der Waals surface area contributed by atoms with Crippen LogP contribution in [0, 0.1) is 0 Å². The second-order valence-electron chi connectivity index (χ2n) is 4.45. The van der Waals surface area contributed by atoms with E-state index in [1.54, 1.807) is 0 Å². The molecule has 1 aliphatic rings. The smallest absolute Gasteiger partial charge is 0.119 e. The van der Waals surface area contributed by atoms with Crippen molar-refractivity contribution in [2.24, 2.45) is 0 Å². The fourth-order valence-corrected chi connectivity index (χ4v) is 1.94. The number of aldehydes is 1. The van der Waals surface area contributed by atoms with Gasteiger partial charge >= 0.3 is 0 Å². The van der Waals surface area contributed by atoms with Crippen LogP contribution in [0.15, 0.2) is 0 Å². The van der Waals surface area contributed by atoms with Crippen LogP contribution in [0.2, 0.25) is 0 Å². The summed E-state index contributed by atoms with van der Waals surface area (Å²) < 4.78 is 5.20. The Morgan fingerprint density at radius 3 is 1.83 bits per heavy atom. The lowest BCUT2D eigenvalue weighted by Crippen LogP contribution is -2.64. The maximum Gasteiger partial charge on any atom is 0.119 e. The number of hydrogen-bond donors (Lipinski definition) is 5. The largest absolute Gasteiger partial charge is 0.387 e. The molecule has 5 N–H and O–H groups in total. The van der Waals surface area contributed by atoms with Gasteiger partial charge in [-0.1, -0.05) is 0 Å². The maximum absolute atomic E-state index is 10.1. The van der Waals surface area contributed by atoms with Crippen molar-refractivity contribution in [2.45, 2.75) is 55.9 Å². The van der Waals surface area contributed by atoms with Gasteiger partial charge in [-0.05, 0) is 12.8 Å². The van der Waals surface area contributed by atoms with Gasteiger partial charge in [0.2, 0.25) is 0 Å². The third-order valence-electron chi connectivity index (χ3n) is 3.10. The number of rotatable bonds is 6. The van der Waals surface area contributed by atoms with E-state index in [1.807, 2.05) is 0 Å². The second kappa shape index (κ2) is 7.13. The van der Waals surface area contributed by atoms with Crippen molar-refractivity contribution in [2.75, 3.05) is 6.61 Å². The normalized spacial score (nSPS) is 40.7. The molecule has 7 heteroatoms. The van der Waals surface area contributed by atoms with Crippen molar-refractivity contribution in [1.29, 1.82) is 0 Å². The first kappa shape index (κ1) is 15.5. The van der Waals surface area contributed by atoms with Crippen molar-refractivity contribution in [3.05, 3.63) is 0 Å². The third-order valence-corrected chi connectivity index (χ3v) is 3.10. The van der Waals surface area contributed by atoms with Crippen molar-refractivity contribution >= 4 is 6.29 Å². The number of carbonyl (C=O) groups excluding carboxylic acids is 1. The van der Waals surface area contributed by atoms with Gasteiger partial charge in [-0.2, -0.15) is 0 Å². The average Bonchev–Trinajstić information content (AvgIpc) is 2.37. The molecule has 1 rings (SSSR count). The number of unbranched alkanes of at least 4 members (excludes halogenated alkanes) is 2. The van der Waals surface area contributed by atoms with E-state index in [1.165, 1.54) is 0 Å². The van der Waals surface area contributed by atoms with Crippen LogP contribution in [0.25, 0.3) is 0 Å². The molecule has 106 valence electrons. The van der Waals surface area contributed by atoms with Crippen LogP contribution in [-0.2, 0) is 9.53 Å². The molecule has 0 radical (unpaired) electrons. The van der Waals surface area contributed by atoms with E-state index in [9.17, 15) is 30.3 Å². The van der Waals surface area contributed by atoms with Crippen molar-refractivity contribution in [3.63, 3.8) is 0 Å². The minimum Gasteiger partial charge on any atom is -0.387 e. The summed E-state index contributed by atoms with van der Waals surface area (Å²) in [5.41, 5.74) is 0. The highest BCUT2D eigenvalue weighted by Crippen LogP contribution is 2.24. The summed E-state index contributed by atoms with van der Waals surface area (Å²) in [5, 5.41) is 47.5. The summed E-state index contributed by atoms with van der Waals surface area (Å²) in [5.74, 6) is 0. The van der Waals surface area contributed by atoms with Crippen molar-refractivity contribution in [3.8, 4) is 0 Å². The summed E-state index contributed by atoms with van der Waals surface area (Å²) >= 11 is 0. The number of hydrogen-bond acceptors (Lipinski definition) is 7. The van der Waals surface area contributed by atoms with Crippen molar-refractivity contribution < 1.29 is 35.1 Å². The molecule has 1 aliphatic carbocycles. The Hall–Kier alpha value is -0.570. The van der Waals surface area contributed by atoms with Gasteiger partial charge in [0, 0.05) is 13.0 Å². The predicted molar refractivity (Wildman–Crippen MR) is 59.7 cm³/mol. The quantitative estimate of drug-likeness (QED) is 0.266. The van der Waals surface area contributed by atoms with E-state index in [4.69, 9.17) is 4.74 Å². The Morgan fingerprint density at radius 1 is 0.833 bits per heavy atom. The van der Waals surface area contributed by atoms with Gasteiger partial charge in [0.25, 0.3) is 0 Å². The molecule has 0 spiro atoms. The minimum atomic E-state index is -1.61. The molecular weight excluding hydrogens is 244 g/mol. The maximum atomic E-state index is 10.1.